The van der Waals surface area contributed by atoms with Gasteiger partial charge in [-0.15, -0.1) is 0 Å². The average Bonchev–Trinajstić information content (AvgIpc) is 4.13. The van der Waals surface area contributed by atoms with Gasteiger partial charge in [0.2, 0.25) is 0 Å². The lowest BCUT2D eigenvalue weighted by molar-refractivity contribution is 0.673. The van der Waals surface area contributed by atoms with Crippen molar-refractivity contribution in [3.05, 3.63) is 234 Å². The van der Waals surface area contributed by atoms with Gasteiger partial charge in [0.15, 0.2) is 0 Å². The van der Waals surface area contributed by atoms with Crippen molar-refractivity contribution in [1.82, 2.24) is 13.7 Å². The molecule has 0 atom stereocenters. The third-order valence-electron chi connectivity index (χ3n) is 13.1. The van der Waals surface area contributed by atoms with Gasteiger partial charge in [0.1, 0.15) is 11.2 Å². The number of aromatic nitrogens is 3. The molecule has 0 fully saturated rings. The summed E-state index contributed by atoms with van der Waals surface area (Å²) >= 11 is 3.56. The first-order valence-corrected chi connectivity index (χ1v) is 23.1. The summed E-state index contributed by atoms with van der Waals surface area (Å²) in [6.45, 7) is 0. The van der Waals surface area contributed by atoms with Gasteiger partial charge in [0.05, 0.1) is 50.1 Å². The van der Waals surface area contributed by atoms with Crippen LogP contribution in [0.1, 0.15) is 5.56 Å². The van der Waals surface area contributed by atoms with Crippen LogP contribution in [0.2, 0.25) is 0 Å². The molecule has 0 aliphatic heterocycles. The Labute approximate surface area is 393 Å². The molecule has 14 aromatic rings. The van der Waals surface area contributed by atoms with Crippen molar-refractivity contribution in [2.45, 2.75) is 0 Å². The summed E-state index contributed by atoms with van der Waals surface area (Å²) in [4.78, 5) is 0. The summed E-state index contributed by atoms with van der Waals surface area (Å²) in [6, 6.07) is 80.8. The molecule has 67 heavy (non-hydrogen) atoms. The van der Waals surface area contributed by atoms with Gasteiger partial charge in [-0.05, 0) is 108 Å². The van der Waals surface area contributed by atoms with Crippen LogP contribution in [0.25, 0.3) is 116 Å². The predicted octanol–water partition coefficient (Wildman–Crippen LogP) is 16.9. The molecular formula is C61H37BrN4O. The van der Waals surface area contributed by atoms with Crippen molar-refractivity contribution in [2.75, 3.05) is 0 Å². The van der Waals surface area contributed by atoms with E-state index in [1.54, 1.807) is 0 Å². The molecule has 4 aromatic heterocycles. The SMILES string of the molecule is Brc1cccc(-n2c3ccccc3c3ccccc32)c1.N#Cc1cc(-c2cccc(-n3c4ccccc4c4ccccc43)c2)cc(-n2c3ccccc3c3c4oc5ccccc5c4ccc32)c1. The zero-order chi connectivity index (χ0) is 44.6. The van der Waals surface area contributed by atoms with E-state index in [1.807, 2.05) is 24.3 Å². The first-order valence-electron chi connectivity index (χ1n) is 22.3. The summed E-state index contributed by atoms with van der Waals surface area (Å²) in [5.74, 6) is 0. The van der Waals surface area contributed by atoms with E-state index in [0.717, 1.165) is 70.7 Å². The summed E-state index contributed by atoms with van der Waals surface area (Å²) < 4.78 is 14.5. The highest BCUT2D eigenvalue weighted by atomic mass is 79.9. The molecule has 0 N–H and O–H groups in total. The lowest BCUT2D eigenvalue weighted by Crippen LogP contribution is -1.97. The Bertz CT molecular complexity index is 4220. The Morgan fingerprint density at radius 2 is 0.836 bits per heavy atom. The molecule has 0 saturated heterocycles. The van der Waals surface area contributed by atoms with Gasteiger partial charge < -0.3 is 18.1 Å². The summed E-state index contributed by atoms with van der Waals surface area (Å²) in [6.07, 6.45) is 0. The van der Waals surface area contributed by atoms with Crippen molar-refractivity contribution < 1.29 is 4.42 Å². The van der Waals surface area contributed by atoms with Crippen LogP contribution in [0.15, 0.2) is 233 Å². The van der Waals surface area contributed by atoms with Crippen molar-refractivity contribution >= 4 is 103 Å². The fraction of sp³-hybridized carbons (Fsp3) is 0. The van der Waals surface area contributed by atoms with Crippen LogP contribution >= 0.6 is 15.9 Å². The number of halogens is 1. The van der Waals surface area contributed by atoms with Crippen molar-refractivity contribution in [3.8, 4) is 34.3 Å². The highest BCUT2D eigenvalue weighted by molar-refractivity contribution is 9.10. The second-order valence-corrected chi connectivity index (χ2v) is 17.9. The maximum Gasteiger partial charge on any atom is 0.145 e. The first-order chi connectivity index (χ1) is 33.1. The molecule has 314 valence electrons. The van der Waals surface area contributed by atoms with Crippen LogP contribution < -0.4 is 0 Å². The number of hydrogen-bond donors (Lipinski definition) is 0. The molecule has 0 aliphatic carbocycles. The topological polar surface area (TPSA) is 51.7 Å². The van der Waals surface area contributed by atoms with E-state index >= 15 is 0 Å². The number of hydrogen-bond acceptors (Lipinski definition) is 2. The Balaban J connectivity index is 0.000000186. The minimum Gasteiger partial charge on any atom is -0.455 e. The molecule has 4 heterocycles. The van der Waals surface area contributed by atoms with Crippen LogP contribution in [0, 0.1) is 11.3 Å². The Hall–Kier alpha value is -8.63. The maximum absolute atomic E-state index is 10.2. The zero-order valence-corrected chi connectivity index (χ0v) is 37.5. The normalized spacial score (nSPS) is 11.6. The van der Waals surface area contributed by atoms with E-state index < -0.39 is 0 Å². The van der Waals surface area contributed by atoms with Crippen LogP contribution in [-0.2, 0) is 0 Å². The summed E-state index contributed by atoms with van der Waals surface area (Å²) in [5.41, 5.74) is 14.5. The summed E-state index contributed by atoms with van der Waals surface area (Å²) in [5, 5.41) is 19.7. The molecular weight excluding hydrogens is 885 g/mol. The number of nitrogens with zero attached hydrogens (tertiary/aromatic N) is 4. The number of benzene rings is 10. The van der Waals surface area contributed by atoms with Gasteiger partial charge in [-0.2, -0.15) is 5.26 Å². The van der Waals surface area contributed by atoms with Crippen LogP contribution in [0.4, 0.5) is 0 Å². The molecule has 0 amide bonds. The molecule has 10 aromatic carbocycles. The van der Waals surface area contributed by atoms with Gasteiger partial charge in [-0.25, -0.2) is 0 Å². The average molecular weight is 922 g/mol. The standard InChI is InChI=1S/C43H25N3O.C18H12BrN/c44-26-27-22-29(28-10-9-11-30(24-28)45-37-16-5-1-12-32(37)33-13-2-6-17-38(33)45)25-31(23-27)46-39-18-7-3-15-36(39)42-40(46)21-20-35-34-14-4-8-19-41(34)47-43(35)42;19-13-6-5-7-14(12-13)20-17-10-3-1-8-15(17)16-9-2-4-11-18(16)20/h1-25H;1-12H. The molecule has 0 spiro atoms. The van der Waals surface area contributed by atoms with E-state index in [4.69, 9.17) is 4.42 Å². The molecule has 6 heteroatoms. The fourth-order valence-electron chi connectivity index (χ4n) is 10.3. The quantitative estimate of drug-likeness (QED) is 0.177. The van der Waals surface area contributed by atoms with E-state index in [9.17, 15) is 5.26 Å². The van der Waals surface area contributed by atoms with Crippen LogP contribution in [-0.4, -0.2) is 13.7 Å². The van der Waals surface area contributed by atoms with E-state index in [1.165, 1.54) is 49.3 Å². The molecule has 0 unspecified atom stereocenters. The van der Waals surface area contributed by atoms with Crippen LogP contribution in [0.3, 0.4) is 0 Å². The fourth-order valence-corrected chi connectivity index (χ4v) is 10.7. The Morgan fingerprint density at radius 1 is 0.358 bits per heavy atom. The van der Waals surface area contributed by atoms with Gasteiger partial charge in [0.25, 0.3) is 0 Å². The molecule has 0 radical (unpaired) electrons. The maximum atomic E-state index is 10.2. The Kier molecular flexibility index (Phi) is 8.99. The van der Waals surface area contributed by atoms with E-state index in [-0.39, 0.29) is 0 Å². The van der Waals surface area contributed by atoms with Gasteiger partial charge in [-0.1, -0.05) is 143 Å². The molecule has 0 bridgehead atoms. The highest BCUT2D eigenvalue weighted by Crippen LogP contribution is 2.42. The van der Waals surface area contributed by atoms with Gasteiger partial charge >= 0.3 is 0 Å². The number of fused-ring (bicyclic) bond motifs is 13. The van der Waals surface area contributed by atoms with Crippen molar-refractivity contribution in [1.29, 1.82) is 5.26 Å². The molecule has 14 rings (SSSR count). The zero-order valence-electron chi connectivity index (χ0n) is 35.9. The molecule has 0 saturated carbocycles. The lowest BCUT2D eigenvalue weighted by atomic mass is 10.0. The summed E-state index contributed by atoms with van der Waals surface area (Å²) in [7, 11) is 0. The minimum atomic E-state index is 0.607. The second kappa shape index (κ2) is 15.5. The van der Waals surface area contributed by atoms with Gasteiger partial charge in [-0.3, -0.25) is 0 Å². The number of nitriles is 1. The Morgan fingerprint density at radius 3 is 1.42 bits per heavy atom. The smallest absolute Gasteiger partial charge is 0.145 e. The minimum absolute atomic E-state index is 0.607. The monoisotopic (exact) mass is 920 g/mol. The number of para-hydroxylation sites is 6. The molecule has 0 aliphatic rings. The predicted molar refractivity (Wildman–Crippen MR) is 281 cm³/mol. The third kappa shape index (κ3) is 6.20. The second-order valence-electron chi connectivity index (χ2n) is 16.9. The number of rotatable bonds is 4. The van der Waals surface area contributed by atoms with Crippen LogP contribution in [0.5, 0.6) is 0 Å². The van der Waals surface area contributed by atoms with Crippen molar-refractivity contribution in [2.24, 2.45) is 0 Å². The molecule has 5 nitrogen and oxygen atoms in total. The van der Waals surface area contributed by atoms with Gasteiger partial charge in [0, 0.05) is 59.2 Å². The third-order valence-corrected chi connectivity index (χ3v) is 13.6. The van der Waals surface area contributed by atoms with E-state index in [0.29, 0.717) is 5.56 Å². The lowest BCUT2D eigenvalue weighted by Gasteiger charge is -2.13. The largest absolute Gasteiger partial charge is 0.455 e. The van der Waals surface area contributed by atoms with E-state index in [2.05, 4.69) is 236 Å². The highest BCUT2D eigenvalue weighted by Gasteiger charge is 2.20. The first kappa shape index (κ1) is 38.8. The van der Waals surface area contributed by atoms with Crippen molar-refractivity contribution in [3.63, 3.8) is 0 Å². The number of furan rings is 1.